The zero-order chi connectivity index (χ0) is 19.4. The third-order valence-electron chi connectivity index (χ3n) is 5.19. The number of hydrogen-bond donors (Lipinski definition) is 0. The Hall–Kier alpha value is -2.03. The highest BCUT2D eigenvalue weighted by Crippen LogP contribution is 2.32. The van der Waals surface area contributed by atoms with Crippen LogP contribution in [0.1, 0.15) is 27.7 Å². The van der Waals surface area contributed by atoms with Gasteiger partial charge in [-0.3, -0.25) is 0 Å². The SMILES string of the molecule is CC(C)C(C)(C)O[B]c1ccc(-c2ccccc2-c2ccc(Cl)cc2)cc1. The van der Waals surface area contributed by atoms with Crippen LogP contribution in [0.4, 0.5) is 0 Å². The first-order chi connectivity index (χ1) is 12.9. The molecule has 1 radical (unpaired) electrons. The van der Waals surface area contributed by atoms with Gasteiger partial charge < -0.3 is 4.65 Å². The van der Waals surface area contributed by atoms with Crippen LogP contribution in [0.5, 0.6) is 0 Å². The van der Waals surface area contributed by atoms with Crippen molar-refractivity contribution < 1.29 is 4.65 Å². The summed E-state index contributed by atoms with van der Waals surface area (Å²) in [5, 5.41) is 0.750. The maximum atomic E-state index is 6.04. The summed E-state index contributed by atoms with van der Waals surface area (Å²) in [6.45, 7) is 8.57. The number of rotatable bonds is 6. The molecule has 0 saturated heterocycles. The number of halogens is 1. The molecule has 137 valence electrons. The first-order valence-corrected chi connectivity index (χ1v) is 9.71. The van der Waals surface area contributed by atoms with Gasteiger partial charge in [0.2, 0.25) is 0 Å². The molecule has 0 N–H and O–H groups in total. The van der Waals surface area contributed by atoms with Crippen molar-refractivity contribution in [3.05, 3.63) is 77.8 Å². The van der Waals surface area contributed by atoms with Crippen molar-refractivity contribution in [2.45, 2.75) is 33.3 Å². The van der Waals surface area contributed by atoms with Gasteiger partial charge in [0.25, 0.3) is 0 Å². The molecule has 0 amide bonds. The molecule has 0 spiro atoms. The molecule has 0 fully saturated rings. The van der Waals surface area contributed by atoms with Crippen LogP contribution < -0.4 is 5.46 Å². The Morgan fingerprint density at radius 3 is 1.74 bits per heavy atom. The maximum absolute atomic E-state index is 6.04. The standard InChI is InChI=1S/C24H25BClO/c1-17(2)24(3,4)27-25-20-13-9-18(10-14-20)22-7-5-6-8-23(22)19-11-15-21(26)16-12-19/h5-17H,1-4H3. The highest BCUT2D eigenvalue weighted by atomic mass is 35.5. The fourth-order valence-electron chi connectivity index (χ4n) is 2.71. The Morgan fingerprint density at radius 2 is 1.26 bits per heavy atom. The van der Waals surface area contributed by atoms with Gasteiger partial charge in [0.1, 0.15) is 0 Å². The normalized spacial score (nSPS) is 11.6. The molecule has 3 rings (SSSR count). The second-order valence-corrected chi connectivity index (χ2v) is 8.10. The van der Waals surface area contributed by atoms with E-state index in [1.807, 2.05) is 19.6 Å². The highest BCUT2D eigenvalue weighted by molar-refractivity contribution is 6.47. The van der Waals surface area contributed by atoms with Gasteiger partial charge in [0, 0.05) is 10.6 Å². The van der Waals surface area contributed by atoms with Gasteiger partial charge in [-0.1, -0.05) is 91.6 Å². The fraction of sp³-hybridized carbons (Fsp3) is 0.250. The van der Waals surface area contributed by atoms with E-state index >= 15 is 0 Å². The topological polar surface area (TPSA) is 9.23 Å². The lowest BCUT2D eigenvalue weighted by atomic mass is 9.83. The molecule has 27 heavy (non-hydrogen) atoms. The molecule has 0 aliphatic heterocycles. The molecule has 0 aliphatic rings. The van der Waals surface area contributed by atoms with Crippen molar-refractivity contribution in [1.29, 1.82) is 0 Å². The summed E-state index contributed by atoms with van der Waals surface area (Å²) in [6.07, 6.45) is 0. The summed E-state index contributed by atoms with van der Waals surface area (Å²) in [4.78, 5) is 0. The average molecular weight is 376 g/mol. The zero-order valence-corrected chi connectivity index (χ0v) is 17.1. The predicted octanol–water partition coefficient (Wildman–Crippen LogP) is 6.37. The van der Waals surface area contributed by atoms with Gasteiger partial charge in [-0.15, -0.1) is 0 Å². The Kier molecular flexibility index (Phi) is 6.09. The van der Waals surface area contributed by atoms with Crippen LogP contribution in [0, 0.1) is 5.92 Å². The van der Waals surface area contributed by atoms with Crippen LogP contribution in [0.25, 0.3) is 22.3 Å². The summed E-state index contributed by atoms with van der Waals surface area (Å²) >= 11 is 6.04. The summed E-state index contributed by atoms with van der Waals surface area (Å²) in [5.74, 6) is 0.444. The minimum atomic E-state index is -0.181. The lowest BCUT2D eigenvalue weighted by Gasteiger charge is -2.30. The summed E-state index contributed by atoms with van der Waals surface area (Å²) in [6, 6.07) is 24.9. The molecule has 3 heteroatoms. The van der Waals surface area contributed by atoms with Crippen molar-refractivity contribution in [3.63, 3.8) is 0 Å². The predicted molar refractivity (Wildman–Crippen MR) is 118 cm³/mol. The van der Waals surface area contributed by atoms with Gasteiger partial charge in [-0.25, -0.2) is 0 Å². The molecule has 3 aromatic rings. The van der Waals surface area contributed by atoms with Crippen molar-refractivity contribution in [3.8, 4) is 22.3 Å². The first kappa shape index (κ1) is 19.7. The van der Waals surface area contributed by atoms with E-state index in [9.17, 15) is 0 Å². The van der Waals surface area contributed by atoms with E-state index in [0.29, 0.717) is 5.92 Å². The van der Waals surface area contributed by atoms with E-state index in [-0.39, 0.29) is 5.60 Å². The largest absolute Gasteiger partial charge is 0.429 e. The minimum Gasteiger partial charge on any atom is -0.429 e. The van der Waals surface area contributed by atoms with Crippen molar-refractivity contribution in [2.24, 2.45) is 5.92 Å². The van der Waals surface area contributed by atoms with Gasteiger partial charge in [0.05, 0.1) is 0 Å². The smallest absolute Gasteiger partial charge is 0.330 e. The summed E-state index contributed by atoms with van der Waals surface area (Å²) < 4.78 is 5.99. The Bertz CT molecular complexity index is 883. The third kappa shape index (κ3) is 4.83. The zero-order valence-electron chi connectivity index (χ0n) is 16.4. The lowest BCUT2D eigenvalue weighted by Crippen LogP contribution is -2.36. The van der Waals surface area contributed by atoms with Gasteiger partial charge >= 0.3 is 7.48 Å². The van der Waals surface area contributed by atoms with Crippen molar-refractivity contribution in [1.82, 2.24) is 0 Å². The number of benzene rings is 3. The van der Waals surface area contributed by atoms with Gasteiger partial charge in [-0.05, 0) is 54.2 Å². The van der Waals surface area contributed by atoms with Crippen LogP contribution in [-0.2, 0) is 4.65 Å². The Morgan fingerprint density at radius 1 is 0.778 bits per heavy atom. The summed E-state index contributed by atoms with van der Waals surface area (Å²) in [7, 11) is 1.86. The molecule has 0 bridgehead atoms. The third-order valence-corrected chi connectivity index (χ3v) is 5.45. The molecular formula is C24H25BClO. The quantitative estimate of drug-likeness (QED) is 0.455. The first-order valence-electron chi connectivity index (χ1n) is 9.33. The number of hydrogen-bond acceptors (Lipinski definition) is 1. The van der Waals surface area contributed by atoms with Crippen molar-refractivity contribution >= 4 is 24.5 Å². The van der Waals surface area contributed by atoms with Crippen LogP contribution in [0.3, 0.4) is 0 Å². The van der Waals surface area contributed by atoms with E-state index in [1.165, 1.54) is 16.7 Å². The van der Waals surface area contributed by atoms with E-state index in [0.717, 1.165) is 16.0 Å². The van der Waals surface area contributed by atoms with Crippen LogP contribution in [-0.4, -0.2) is 13.1 Å². The van der Waals surface area contributed by atoms with E-state index in [2.05, 4.69) is 88.4 Å². The molecule has 0 saturated carbocycles. The second-order valence-electron chi connectivity index (χ2n) is 7.67. The van der Waals surface area contributed by atoms with E-state index < -0.39 is 0 Å². The minimum absolute atomic E-state index is 0.181. The molecule has 0 aliphatic carbocycles. The average Bonchev–Trinajstić information content (AvgIpc) is 2.67. The Balaban J connectivity index is 1.83. The van der Waals surface area contributed by atoms with Crippen LogP contribution in [0.2, 0.25) is 5.02 Å². The molecule has 1 nitrogen and oxygen atoms in total. The Labute approximate surface area is 168 Å². The lowest BCUT2D eigenvalue weighted by molar-refractivity contribution is 0.0668. The second kappa shape index (κ2) is 8.33. The molecule has 0 unspecified atom stereocenters. The van der Waals surface area contributed by atoms with Gasteiger partial charge in [-0.2, -0.15) is 0 Å². The monoisotopic (exact) mass is 375 g/mol. The molecule has 0 heterocycles. The van der Waals surface area contributed by atoms with Crippen molar-refractivity contribution in [2.75, 3.05) is 0 Å². The molecule has 0 atom stereocenters. The van der Waals surface area contributed by atoms with Crippen LogP contribution in [0.15, 0.2) is 72.8 Å². The maximum Gasteiger partial charge on any atom is 0.330 e. The van der Waals surface area contributed by atoms with Crippen LogP contribution >= 0.6 is 11.6 Å². The fourth-order valence-corrected chi connectivity index (χ4v) is 2.84. The molecule has 0 aromatic heterocycles. The highest BCUT2D eigenvalue weighted by Gasteiger charge is 2.22. The summed E-state index contributed by atoms with van der Waals surface area (Å²) in [5.41, 5.74) is 5.63. The van der Waals surface area contributed by atoms with Gasteiger partial charge in [0.15, 0.2) is 0 Å². The molecular weight excluding hydrogens is 351 g/mol. The molecule has 3 aromatic carbocycles. The van der Waals surface area contributed by atoms with E-state index in [4.69, 9.17) is 16.3 Å². The van der Waals surface area contributed by atoms with E-state index in [1.54, 1.807) is 0 Å².